The minimum atomic E-state index is 0.289. The van der Waals surface area contributed by atoms with Crippen LogP contribution in [0.3, 0.4) is 0 Å². The van der Waals surface area contributed by atoms with Crippen molar-refractivity contribution in [3.8, 4) is 0 Å². The van der Waals surface area contributed by atoms with Crippen molar-refractivity contribution in [1.82, 2.24) is 19.6 Å². The van der Waals surface area contributed by atoms with Crippen LogP contribution in [0, 0.1) is 0 Å². The van der Waals surface area contributed by atoms with Crippen LogP contribution in [-0.2, 0) is 13.5 Å². The maximum Gasteiger partial charge on any atom is 0.0670 e. The summed E-state index contributed by atoms with van der Waals surface area (Å²) in [6.07, 6.45) is 3.11. The van der Waals surface area contributed by atoms with Gasteiger partial charge in [0.1, 0.15) is 0 Å². The summed E-state index contributed by atoms with van der Waals surface area (Å²) in [7, 11) is 4.21. The van der Waals surface area contributed by atoms with Crippen LogP contribution in [0.5, 0.6) is 0 Å². The fourth-order valence-electron chi connectivity index (χ4n) is 3.28. The number of hydrogen-bond donors (Lipinski definition) is 1. The van der Waals surface area contributed by atoms with Crippen molar-refractivity contribution in [2.75, 3.05) is 26.7 Å². The Hall–Kier alpha value is -0.910. The Morgan fingerprint density at radius 1 is 1.30 bits per heavy atom. The Balaban J connectivity index is 2.23. The lowest BCUT2D eigenvalue weighted by atomic mass is 10.0. The molecular weight excluding hydrogens is 250 g/mol. The second-order valence-electron chi connectivity index (χ2n) is 6.13. The van der Waals surface area contributed by atoms with Gasteiger partial charge in [-0.25, -0.2) is 0 Å². The molecule has 20 heavy (non-hydrogen) atoms. The van der Waals surface area contributed by atoms with E-state index in [9.17, 15) is 0 Å². The lowest BCUT2D eigenvalue weighted by molar-refractivity contribution is 0.0350. The van der Waals surface area contributed by atoms with E-state index >= 15 is 0 Å². The van der Waals surface area contributed by atoms with Gasteiger partial charge in [-0.05, 0) is 27.3 Å². The summed E-state index contributed by atoms with van der Waals surface area (Å²) in [5.41, 5.74) is 8.59. The van der Waals surface area contributed by atoms with Gasteiger partial charge >= 0.3 is 0 Å². The molecule has 3 unspecified atom stereocenters. The minimum Gasteiger partial charge on any atom is -0.329 e. The molecular formula is C15H29N5. The average Bonchev–Trinajstić information content (AvgIpc) is 2.78. The van der Waals surface area contributed by atoms with Crippen LogP contribution in [0.2, 0.25) is 0 Å². The molecule has 1 aromatic heterocycles. The first-order chi connectivity index (χ1) is 9.47. The molecule has 1 aliphatic heterocycles. The van der Waals surface area contributed by atoms with Crippen LogP contribution in [-0.4, -0.2) is 58.3 Å². The lowest BCUT2D eigenvalue weighted by Crippen LogP contribution is -2.56. The summed E-state index contributed by atoms with van der Waals surface area (Å²) in [6, 6.07) is 1.42. The number of nitrogens with zero attached hydrogens (tertiary/aromatic N) is 4. The predicted molar refractivity (Wildman–Crippen MR) is 82.6 cm³/mol. The largest absolute Gasteiger partial charge is 0.329 e. The smallest absolute Gasteiger partial charge is 0.0670 e. The van der Waals surface area contributed by atoms with E-state index in [-0.39, 0.29) is 6.04 Å². The molecule has 0 aliphatic carbocycles. The van der Waals surface area contributed by atoms with Gasteiger partial charge in [0.2, 0.25) is 0 Å². The van der Waals surface area contributed by atoms with Crippen molar-refractivity contribution in [1.29, 1.82) is 0 Å². The highest BCUT2D eigenvalue weighted by atomic mass is 15.3. The third-order valence-corrected chi connectivity index (χ3v) is 4.68. The summed E-state index contributed by atoms with van der Waals surface area (Å²) in [5.74, 6) is 0. The van der Waals surface area contributed by atoms with Gasteiger partial charge in [-0.2, -0.15) is 5.10 Å². The van der Waals surface area contributed by atoms with Crippen LogP contribution in [0.1, 0.15) is 38.1 Å². The molecule has 5 heteroatoms. The van der Waals surface area contributed by atoms with Crippen molar-refractivity contribution in [3.05, 3.63) is 17.5 Å². The number of aromatic nitrogens is 2. The number of piperazine rings is 1. The molecule has 1 aliphatic rings. The van der Waals surface area contributed by atoms with E-state index in [4.69, 9.17) is 5.73 Å². The third kappa shape index (κ3) is 2.90. The van der Waals surface area contributed by atoms with E-state index in [1.807, 2.05) is 11.7 Å². The molecule has 0 aromatic carbocycles. The summed E-state index contributed by atoms with van der Waals surface area (Å²) < 4.78 is 1.92. The van der Waals surface area contributed by atoms with Crippen LogP contribution in [0.25, 0.3) is 0 Å². The zero-order valence-corrected chi connectivity index (χ0v) is 13.5. The molecule has 1 aromatic rings. The molecule has 3 atom stereocenters. The Bertz CT molecular complexity index is 429. The normalized spacial score (nSPS) is 26.9. The Kier molecular flexibility index (Phi) is 4.83. The number of aryl methyl sites for hydroxylation is 2. The van der Waals surface area contributed by atoms with Gasteiger partial charge in [0, 0.05) is 50.5 Å². The van der Waals surface area contributed by atoms with Crippen molar-refractivity contribution >= 4 is 0 Å². The van der Waals surface area contributed by atoms with Gasteiger partial charge in [-0.15, -0.1) is 0 Å². The van der Waals surface area contributed by atoms with Crippen molar-refractivity contribution in [3.63, 3.8) is 0 Å². The summed E-state index contributed by atoms with van der Waals surface area (Å²) in [6.45, 7) is 9.54. The number of hydrogen-bond acceptors (Lipinski definition) is 4. The molecule has 1 saturated heterocycles. The molecule has 0 saturated carbocycles. The summed E-state index contributed by atoms with van der Waals surface area (Å²) in [5, 5.41) is 4.57. The fourth-order valence-corrected chi connectivity index (χ4v) is 3.28. The van der Waals surface area contributed by atoms with Crippen molar-refractivity contribution in [2.24, 2.45) is 12.8 Å². The first kappa shape index (κ1) is 15.5. The van der Waals surface area contributed by atoms with E-state index in [0.29, 0.717) is 18.6 Å². The van der Waals surface area contributed by atoms with Crippen molar-refractivity contribution < 1.29 is 0 Å². The molecule has 0 radical (unpaired) electrons. The zero-order valence-electron chi connectivity index (χ0n) is 13.5. The van der Waals surface area contributed by atoms with Crippen LogP contribution in [0.4, 0.5) is 0 Å². The number of rotatable bonds is 4. The van der Waals surface area contributed by atoms with Gasteiger partial charge < -0.3 is 5.73 Å². The Morgan fingerprint density at radius 2 is 1.90 bits per heavy atom. The maximum atomic E-state index is 6.10. The highest BCUT2D eigenvalue weighted by Crippen LogP contribution is 2.27. The number of nitrogens with two attached hydrogens (primary N) is 1. The van der Waals surface area contributed by atoms with Crippen LogP contribution in [0.15, 0.2) is 6.20 Å². The van der Waals surface area contributed by atoms with Crippen molar-refractivity contribution in [2.45, 2.75) is 45.3 Å². The van der Waals surface area contributed by atoms with Gasteiger partial charge in [0.25, 0.3) is 0 Å². The van der Waals surface area contributed by atoms with Gasteiger partial charge in [-0.3, -0.25) is 14.5 Å². The topological polar surface area (TPSA) is 50.3 Å². The van der Waals surface area contributed by atoms with Gasteiger partial charge in [0.05, 0.1) is 11.7 Å². The second kappa shape index (κ2) is 6.24. The predicted octanol–water partition coefficient (Wildman–Crippen LogP) is 1.01. The highest BCUT2D eigenvalue weighted by molar-refractivity contribution is 5.22. The van der Waals surface area contributed by atoms with Gasteiger partial charge in [-0.1, -0.05) is 6.92 Å². The monoisotopic (exact) mass is 279 g/mol. The molecule has 2 rings (SSSR count). The average molecular weight is 279 g/mol. The van der Waals surface area contributed by atoms with Crippen LogP contribution < -0.4 is 5.73 Å². The molecule has 0 amide bonds. The zero-order chi connectivity index (χ0) is 14.9. The molecule has 0 spiro atoms. The quantitative estimate of drug-likeness (QED) is 0.893. The Morgan fingerprint density at radius 3 is 2.40 bits per heavy atom. The first-order valence-electron chi connectivity index (χ1n) is 7.66. The molecule has 1 fully saturated rings. The van der Waals surface area contributed by atoms with E-state index in [1.165, 1.54) is 11.3 Å². The molecule has 114 valence electrons. The molecule has 2 N–H and O–H groups in total. The van der Waals surface area contributed by atoms with Crippen LogP contribution >= 0.6 is 0 Å². The molecule has 0 bridgehead atoms. The Labute approximate surface area is 122 Å². The molecule has 5 nitrogen and oxygen atoms in total. The second-order valence-corrected chi connectivity index (χ2v) is 6.13. The molecule has 2 heterocycles. The van der Waals surface area contributed by atoms with E-state index in [2.05, 4.69) is 48.9 Å². The minimum absolute atomic E-state index is 0.289. The highest BCUT2D eigenvalue weighted by Gasteiger charge is 2.32. The number of likely N-dealkylation sites (N-methyl/N-ethyl adjacent to an activating group) is 1. The van der Waals surface area contributed by atoms with E-state index in [0.717, 1.165) is 19.5 Å². The summed E-state index contributed by atoms with van der Waals surface area (Å²) in [4.78, 5) is 4.99. The van der Waals surface area contributed by atoms with E-state index < -0.39 is 0 Å². The standard InChI is InChI=1S/C15H29N5/c1-6-14-13(10-18(4)17-14)15(7-16)20-8-11(2)19(5)12(3)9-20/h10-12,15H,6-9,16H2,1-5H3. The fraction of sp³-hybridized carbons (Fsp3) is 0.800. The lowest BCUT2D eigenvalue weighted by Gasteiger charge is -2.45. The maximum absolute atomic E-state index is 6.10. The van der Waals surface area contributed by atoms with Gasteiger partial charge in [0.15, 0.2) is 0 Å². The summed E-state index contributed by atoms with van der Waals surface area (Å²) >= 11 is 0. The first-order valence-corrected chi connectivity index (χ1v) is 7.66. The van der Waals surface area contributed by atoms with E-state index in [1.54, 1.807) is 0 Å². The SMILES string of the molecule is CCc1nn(C)cc1C(CN)N1CC(C)N(C)C(C)C1. The third-order valence-electron chi connectivity index (χ3n) is 4.68.